The molecule has 0 spiro atoms. The van der Waals surface area contributed by atoms with Crippen LogP contribution in [0.1, 0.15) is 32.6 Å². The van der Waals surface area contributed by atoms with Crippen LogP contribution in [0.5, 0.6) is 0 Å². The minimum atomic E-state index is -1.37. The summed E-state index contributed by atoms with van der Waals surface area (Å²) < 4.78 is -1.37. The highest BCUT2D eigenvalue weighted by molar-refractivity contribution is 6.57. The Morgan fingerprint density at radius 1 is 1.45 bits per heavy atom. The molecule has 0 saturated heterocycles. The molecule has 0 aliphatic heterocycles. The van der Waals surface area contributed by atoms with E-state index in [1.807, 2.05) is 0 Å². The molecule has 1 amide bonds. The lowest BCUT2D eigenvalue weighted by atomic mass is 10.1. The Hall–Kier alpha value is 0.0500. The predicted molar refractivity (Wildman–Crippen MR) is 47.8 cm³/mol. The third kappa shape index (κ3) is 4.49. The van der Waals surface area contributed by atoms with E-state index in [2.05, 4.69) is 6.92 Å². The molecule has 0 aliphatic carbocycles. The Morgan fingerprint density at radius 3 is 2.36 bits per heavy atom. The zero-order valence-electron chi connectivity index (χ0n) is 6.57. The van der Waals surface area contributed by atoms with Crippen LogP contribution in [0.3, 0.4) is 0 Å². The van der Waals surface area contributed by atoms with Gasteiger partial charge in [0.15, 0.2) is 4.33 Å². The van der Waals surface area contributed by atoms with Gasteiger partial charge in [0.2, 0.25) is 0 Å². The molecule has 0 saturated carbocycles. The average molecular weight is 198 g/mol. The topological polar surface area (TPSA) is 43.1 Å². The molecule has 0 aromatic rings. The number of amides is 1. The van der Waals surface area contributed by atoms with Crippen molar-refractivity contribution < 1.29 is 4.79 Å². The van der Waals surface area contributed by atoms with Crippen molar-refractivity contribution in [2.24, 2.45) is 5.73 Å². The Labute approximate surface area is 77.0 Å². The molecule has 0 aromatic heterocycles. The van der Waals surface area contributed by atoms with Crippen molar-refractivity contribution in [2.75, 3.05) is 0 Å². The van der Waals surface area contributed by atoms with Crippen molar-refractivity contribution in [1.29, 1.82) is 0 Å². The lowest BCUT2D eigenvalue weighted by Gasteiger charge is -2.13. The molecule has 66 valence electrons. The summed E-state index contributed by atoms with van der Waals surface area (Å²) in [6.07, 6.45) is 3.38. The molecule has 4 heteroatoms. The average Bonchev–Trinajstić information content (AvgIpc) is 1.88. The third-order valence-corrected chi connectivity index (χ3v) is 2.21. The minimum absolute atomic E-state index is 0.444. The number of hydrogen-bond donors (Lipinski definition) is 1. The van der Waals surface area contributed by atoms with Crippen molar-refractivity contribution >= 4 is 29.1 Å². The first-order valence-electron chi connectivity index (χ1n) is 3.68. The summed E-state index contributed by atoms with van der Waals surface area (Å²) in [5.74, 6) is -0.656. The molecule has 0 fully saturated rings. The highest BCUT2D eigenvalue weighted by atomic mass is 35.5. The standard InChI is InChI=1S/C7H13Cl2NO/c1-2-3-4-5-7(8,9)6(10)11/h2-5H2,1H3,(H2,10,11). The first-order chi connectivity index (χ1) is 5.00. The van der Waals surface area contributed by atoms with E-state index in [-0.39, 0.29) is 0 Å². The highest BCUT2D eigenvalue weighted by Gasteiger charge is 2.29. The van der Waals surface area contributed by atoms with Crippen molar-refractivity contribution in [2.45, 2.75) is 36.9 Å². The van der Waals surface area contributed by atoms with Gasteiger partial charge in [0.05, 0.1) is 0 Å². The van der Waals surface area contributed by atoms with Crippen molar-refractivity contribution in [3.8, 4) is 0 Å². The monoisotopic (exact) mass is 197 g/mol. The summed E-state index contributed by atoms with van der Waals surface area (Å²) in [6.45, 7) is 2.06. The summed E-state index contributed by atoms with van der Waals surface area (Å²) >= 11 is 11.2. The number of primary amides is 1. The normalized spacial score (nSPS) is 11.5. The summed E-state index contributed by atoms with van der Waals surface area (Å²) in [4.78, 5) is 10.6. The second-order valence-corrected chi connectivity index (χ2v) is 4.01. The number of carbonyl (C=O) groups is 1. The molecule has 11 heavy (non-hydrogen) atoms. The molecule has 0 radical (unpaired) electrons. The quantitative estimate of drug-likeness (QED) is 0.534. The zero-order valence-corrected chi connectivity index (χ0v) is 8.08. The smallest absolute Gasteiger partial charge is 0.253 e. The van der Waals surface area contributed by atoms with E-state index >= 15 is 0 Å². The van der Waals surface area contributed by atoms with Crippen molar-refractivity contribution in [1.82, 2.24) is 0 Å². The maximum atomic E-state index is 10.6. The zero-order chi connectivity index (χ0) is 8.91. The number of carbonyl (C=O) groups excluding carboxylic acids is 1. The van der Waals surface area contributed by atoms with Crippen LogP contribution in [0.15, 0.2) is 0 Å². The lowest BCUT2D eigenvalue weighted by molar-refractivity contribution is -0.118. The SMILES string of the molecule is CCCCCC(Cl)(Cl)C(N)=O. The molecule has 0 heterocycles. The number of hydrogen-bond acceptors (Lipinski definition) is 1. The first kappa shape index (κ1) is 11.1. The van der Waals surface area contributed by atoms with E-state index in [9.17, 15) is 4.79 Å². The summed E-state index contributed by atoms with van der Waals surface area (Å²) in [6, 6.07) is 0. The van der Waals surface area contributed by atoms with E-state index in [4.69, 9.17) is 28.9 Å². The van der Waals surface area contributed by atoms with E-state index in [1.165, 1.54) is 0 Å². The summed E-state index contributed by atoms with van der Waals surface area (Å²) in [7, 11) is 0. The van der Waals surface area contributed by atoms with Crippen LogP contribution in [0.25, 0.3) is 0 Å². The van der Waals surface area contributed by atoms with Gasteiger partial charge in [-0.2, -0.15) is 0 Å². The number of nitrogens with two attached hydrogens (primary N) is 1. The molecule has 0 aliphatic rings. The van der Waals surface area contributed by atoms with E-state index in [0.717, 1.165) is 19.3 Å². The van der Waals surface area contributed by atoms with Crippen LogP contribution in [0, 0.1) is 0 Å². The predicted octanol–water partition coefficient (Wildman–Crippen LogP) is 2.23. The van der Waals surface area contributed by atoms with Crippen molar-refractivity contribution in [3.63, 3.8) is 0 Å². The van der Waals surface area contributed by atoms with Gasteiger partial charge in [0.1, 0.15) is 0 Å². The van der Waals surface area contributed by atoms with E-state index in [1.54, 1.807) is 0 Å². The molecule has 0 rings (SSSR count). The minimum Gasteiger partial charge on any atom is -0.367 e. The van der Waals surface area contributed by atoms with Gasteiger partial charge < -0.3 is 5.73 Å². The van der Waals surface area contributed by atoms with Crippen LogP contribution in [-0.4, -0.2) is 10.2 Å². The molecule has 0 bridgehead atoms. The number of unbranched alkanes of at least 4 members (excludes halogenated alkanes) is 2. The Balaban J connectivity index is 3.64. The number of rotatable bonds is 5. The van der Waals surface area contributed by atoms with E-state index < -0.39 is 10.2 Å². The van der Waals surface area contributed by atoms with Gasteiger partial charge in [-0.1, -0.05) is 43.0 Å². The van der Waals surface area contributed by atoms with Crippen LogP contribution >= 0.6 is 23.2 Å². The van der Waals surface area contributed by atoms with Gasteiger partial charge >= 0.3 is 0 Å². The second kappa shape index (κ2) is 4.83. The van der Waals surface area contributed by atoms with Crippen LogP contribution < -0.4 is 5.73 Å². The second-order valence-electron chi connectivity index (χ2n) is 2.53. The Kier molecular flexibility index (Phi) is 4.86. The van der Waals surface area contributed by atoms with E-state index in [0.29, 0.717) is 6.42 Å². The van der Waals surface area contributed by atoms with Crippen molar-refractivity contribution in [3.05, 3.63) is 0 Å². The molecular formula is C7H13Cl2NO. The van der Waals surface area contributed by atoms with Gasteiger partial charge in [-0.15, -0.1) is 0 Å². The molecule has 0 unspecified atom stereocenters. The maximum Gasteiger partial charge on any atom is 0.253 e. The van der Waals surface area contributed by atoms with Crippen LogP contribution in [0.2, 0.25) is 0 Å². The molecule has 2 N–H and O–H groups in total. The third-order valence-electron chi connectivity index (χ3n) is 1.45. The molecule has 0 atom stereocenters. The van der Waals surface area contributed by atoms with Gasteiger partial charge in [-0.3, -0.25) is 4.79 Å². The van der Waals surface area contributed by atoms with Gasteiger partial charge in [-0.25, -0.2) is 0 Å². The Bertz CT molecular complexity index is 136. The van der Waals surface area contributed by atoms with Gasteiger partial charge in [0.25, 0.3) is 5.91 Å². The summed E-state index contributed by atoms with van der Waals surface area (Å²) in [5.41, 5.74) is 4.95. The molecule has 0 aromatic carbocycles. The highest BCUT2D eigenvalue weighted by Crippen LogP contribution is 2.27. The number of alkyl halides is 2. The fourth-order valence-electron chi connectivity index (χ4n) is 0.720. The largest absolute Gasteiger partial charge is 0.367 e. The number of halogens is 2. The lowest BCUT2D eigenvalue weighted by Crippen LogP contribution is -2.33. The van der Waals surface area contributed by atoms with Gasteiger partial charge in [-0.05, 0) is 12.8 Å². The van der Waals surface area contributed by atoms with Crippen LogP contribution in [-0.2, 0) is 4.79 Å². The molecular weight excluding hydrogens is 185 g/mol. The van der Waals surface area contributed by atoms with Gasteiger partial charge in [0, 0.05) is 0 Å². The maximum absolute atomic E-state index is 10.6. The fourth-order valence-corrected chi connectivity index (χ4v) is 0.987. The summed E-state index contributed by atoms with van der Waals surface area (Å²) in [5, 5.41) is 0. The molecule has 2 nitrogen and oxygen atoms in total. The fraction of sp³-hybridized carbons (Fsp3) is 0.857. The first-order valence-corrected chi connectivity index (χ1v) is 4.44. The van der Waals surface area contributed by atoms with Crippen LogP contribution in [0.4, 0.5) is 0 Å². The Morgan fingerprint density at radius 2 is 2.00 bits per heavy atom.